The van der Waals surface area contributed by atoms with Gasteiger partial charge in [-0.2, -0.15) is 0 Å². The summed E-state index contributed by atoms with van der Waals surface area (Å²) in [5.74, 6) is 0.134. The molecule has 1 aliphatic heterocycles. The number of carbonyl (C=O) groups excluding carboxylic acids is 1. The minimum absolute atomic E-state index is 0.126. The lowest BCUT2D eigenvalue weighted by molar-refractivity contribution is -0.161. The molecule has 104 valence electrons. The highest BCUT2D eigenvalue weighted by atomic mass is 16.6. The van der Waals surface area contributed by atoms with Gasteiger partial charge in [0.1, 0.15) is 0 Å². The quantitative estimate of drug-likeness (QED) is 0.845. The fraction of sp³-hybridized carbons (Fsp3) is 0.562. The maximum absolute atomic E-state index is 12.2. The number of hydrogen-bond donors (Lipinski definition) is 1. The van der Waals surface area contributed by atoms with Crippen LogP contribution in [0.3, 0.4) is 0 Å². The summed E-state index contributed by atoms with van der Waals surface area (Å²) >= 11 is 0. The van der Waals surface area contributed by atoms with Crippen molar-refractivity contribution < 1.29 is 9.53 Å². The Balaban J connectivity index is 2.01. The van der Waals surface area contributed by atoms with E-state index in [9.17, 15) is 4.79 Å². The van der Waals surface area contributed by atoms with Crippen LogP contribution in [-0.2, 0) is 16.0 Å². The second kappa shape index (κ2) is 5.24. The van der Waals surface area contributed by atoms with Crippen molar-refractivity contribution in [2.24, 2.45) is 11.3 Å². The number of esters is 1. The molecule has 0 aliphatic carbocycles. The van der Waals surface area contributed by atoms with Crippen molar-refractivity contribution in [1.29, 1.82) is 0 Å². The van der Waals surface area contributed by atoms with Gasteiger partial charge in [0.2, 0.25) is 0 Å². The first-order valence-electron chi connectivity index (χ1n) is 6.97. The fourth-order valence-electron chi connectivity index (χ4n) is 2.02. The van der Waals surface area contributed by atoms with E-state index >= 15 is 0 Å². The molecule has 3 nitrogen and oxygen atoms in total. The Hall–Kier alpha value is -1.51. The molecule has 0 aromatic heterocycles. The Kier molecular flexibility index (Phi) is 3.83. The zero-order valence-corrected chi connectivity index (χ0v) is 12.2. The Morgan fingerprint density at radius 3 is 2.74 bits per heavy atom. The van der Waals surface area contributed by atoms with Gasteiger partial charge < -0.3 is 10.1 Å². The summed E-state index contributed by atoms with van der Waals surface area (Å²) in [6.07, 6.45) is 1.57. The summed E-state index contributed by atoms with van der Waals surface area (Å²) in [5.41, 5.74) is 1.92. The summed E-state index contributed by atoms with van der Waals surface area (Å²) < 4.78 is 5.62. The summed E-state index contributed by atoms with van der Waals surface area (Å²) in [6, 6.07) is 8.17. The zero-order chi connectivity index (χ0) is 14.0. The number of rotatable bonds is 3. The average Bonchev–Trinajstić information content (AvgIpc) is 2.38. The zero-order valence-electron chi connectivity index (χ0n) is 12.2. The van der Waals surface area contributed by atoms with Gasteiger partial charge in [0.25, 0.3) is 0 Å². The van der Waals surface area contributed by atoms with E-state index in [1.54, 1.807) is 0 Å². The Bertz CT molecular complexity index is 466. The van der Waals surface area contributed by atoms with Crippen LogP contribution in [0.4, 0.5) is 5.69 Å². The second-order valence-electron chi connectivity index (χ2n) is 6.11. The van der Waals surface area contributed by atoms with Crippen LogP contribution in [0, 0.1) is 11.3 Å². The lowest BCUT2D eigenvalue weighted by Crippen LogP contribution is -2.38. The van der Waals surface area contributed by atoms with Crippen molar-refractivity contribution in [2.45, 2.75) is 46.8 Å². The molecule has 1 aromatic carbocycles. The molecule has 19 heavy (non-hydrogen) atoms. The largest absolute Gasteiger partial charge is 0.441 e. The number of carbonyl (C=O) groups is 1. The van der Waals surface area contributed by atoms with Crippen LogP contribution in [0.2, 0.25) is 0 Å². The standard InChI is InChI=1S/C16H23NO2/c1-11(2)16(3,4)15(18)19-14-10-9-12-7-5-6-8-13(12)17-14/h5-8,11,14,17H,9-10H2,1-4H3. The highest BCUT2D eigenvalue weighted by Crippen LogP contribution is 2.30. The van der Waals surface area contributed by atoms with Gasteiger partial charge in [-0.1, -0.05) is 32.0 Å². The third-order valence-corrected chi connectivity index (χ3v) is 4.23. The minimum atomic E-state index is -0.446. The van der Waals surface area contributed by atoms with Crippen LogP contribution >= 0.6 is 0 Å². The first kappa shape index (κ1) is 13.9. The first-order valence-corrected chi connectivity index (χ1v) is 6.97. The number of fused-ring (bicyclic) bond motifs is 1. The molecule has 0 fully saturated rings. The van der Waals surface area contributed by atoms with E-state index in [1.165, 1.54) is 5.56 Å². The number of hydrogen-bond acceptors (Lipinski definition) is 3. The number of nitrogens with one attached hydrogen (secondary N) is 1. The van der Waals surface area contributed by atoms with Gasteiger partial charge in [-0.15, -0.1) is 0 Å². The van der Waals surface area contributed by atoms with E-state index in [4.69, 9.17) is 4.74 Å². The van der Waals surface area contributed by atoms with Gasteiger partial charge in [0.15, 0.2) is 6.23 Å². The molecule has 3 heteroatoms. The first-order chi connectivity index (χ1) is 8.91. The predicted molar refractivity (Wildman–Crippen MR) is 76.9 cm³/mol. The number of aryl methyl sites for hydroxylation is 1. The maximum Gasteiger partial charge on any atom is 0.313 e. The number of anilines is 1. The third kappa shape index (κ3) is 2.91. The van der Waals surface area contributed by atoms with E-state index in [0.29, 0.717) is 0 Å². The van der Waals surface area contributed by atoms with Crippen molar-refractivity contribution in [3.05, 3.63) is 29.8 Å². The molecule has 1 N–H and O–H groups in total. The molecule has 1 aromatic rings. The van der Waals surface area contributed by atoms with E-state index in [-0.39, 0.29) is 18.1 Å². The third-order valence-electron chi connectivity index (χ3n) is 4.23. The van der Waals surface area contributed by atoms with Gasteiger partial charge in [0.05, 0.1) is 5.41 Å². The summed E-state index contributed by atoms with van der Waals surface area (Å²) in [7, 11) is 0. The Morgan fingerprint density at radius 2 is 2.05 bits per heavy atom. The molecular weight excluding hydrogens is 238 g/mol. The van der Waals surface area contributed by atoms with Gasteiger partial charge in [-0.25, -0.2) is 0 Å². The second-order valence-corrected chi connectivity index (χ2v) is 6.11. The Labute approximate surface area is 115 Å². The number of para-hydroxylation sites is 1. The minimum Gasteiger partial charge on any atom is -0.441 e. The van der Waals surface area contributed by atoms with E-state index < -0.39 is 5.41 Å². The van der Waals surface area contributed by atoms with Crippen molar-refractivity contribution in [1.82, 2.24) is 0 Å². The molecule has 1 heterocycles. The van der Waals surface area contributed by atoms with Gasteiger partial charge >= 0.3 is 5.97 Å². The van der Waals surface area contributed by atoms with Crippen LogP contribution in [-0.4, -0.2) is 12.2 Å². The summed E-state index contributed by atoms with van der Waals surface area (Å²) in [4.78, 5) is 12.2. The molecule has 0 amide bonds. The molecule has 1 unspecified atom stereocenters. The van der Waals surface area contributed by atoms with Crippen LogP contribution in [0.25, 0.3) is 0 Å². The maximum atomic E-state index is 12.2. The van der Waals surface area contributed by atoms with Crippen molar-refractivity contribution in [2.75, 3.05) is 5.32 Å². The summed E-state index contributed by atoms with van der Waals surface area (Å²) in [5, 5.41) is 3.30. The molecule has 2 rings (SSSR count). The highest BCUT2D eigenvalue weighted by molar-refractivity contribution is 5.76. The van der Waals surface area contributed by atoms with Crippen molar-refractivity contribution in [3.63, 3.8) is 0 Å². The van der Waals surface area contributed by atoms with Crippen LogP contribution in [0.15, 0.2) is 24.3 Å². The molecule has 1 aliphatic rings. The van der Waals surface area contributed by atoms with E-state index in [1.807, 2.05) is 45.9 Å². The number of benzene rings is 1. The molecule has 0 bridgehead atoms. The predicted octanol–water partition coefficient (Wildman–Crippen LogP) is 3.60. The lowest BCUT2D eigenvalue weighted by atomic mass is 9.81. The SMILES string of the molecule is CC(C)C(C)(C)C(=O)OC1CCc2ccccc2N1. The van der Waals surface area contributed by atoms with Crippen LogP contribution in [0.5, 0.6) is 0 Å². The van der Waals surface area contributed by atoms with Gasteiger partial charge in [0, 0.05) is 12.1 Å². The topological polar surface area (TPSA) is 38.3 Å². The molecule has 0 radical (unpaired) electrons. The number of ether oxygens (including phenoxy) is 1. The van der Waals surface area contributed by atoms with Crippen molar-refractivity contribution in [3.8, 4) is 0 Å². The monoisotopic (exact) mass is 261 g/mol. The summed E-state index contributed by atoms with van der Waals surface area (Å²) in [6.45, 7) is 7.98. The van der Waals surface area contributed by atoms with Gasteiger partial charge in [-0.3, -0.25) is 4.79 Å². The lowest BCUT2D eigenvalue weighted by Gasteiger charge is -2.32. The molecule has 0 spiro atoms. The van der Waals surface area contributed by atoms with E-state index in [2.05, 4.69) is 11.4 Å². The van der Waals surface area contributed by atoms with Crippen LogP contribution < -0.4 is 5.32 Å². The Morgan fingerprint density at radius 1 is 1.37 bits per heavy atom. The smallest absolute Gasteiger partial charge is 0.313 e. The molecule has 0 saturated heterocycles. The average molecular weight is 261 g/mol. The molecule has 1 atom stereocenters. The highest BCUT2D eigenvalue weighted by Gasteiger charge is 2.35. The van der Waals surface area contributed by atoms with Crippen molar-refractivity contribution >= 4 is 11.7 Å². The van der Waals surface area contributed by atoms with Crippen LogP contribution in [0.1, 0.15) is 39.7 Å². The normalized spacial score (nSPS) is 18.7. The molecular formula is C16H23NO2. The fourth-order valence-corrected chi connectivity index (χ4v) is 2.02. The van der Waals surface area contributed by atoms with E-state index in [0.717, 1.165) is 18.5 Å². The molecule has 0 saturated carbocycles. The van der Waals surface area contributed by atoms with Gasteiger partial charge in [-0.05, 0) is 37.8 Å².